The molecule has 0 unspecified atom stereocenters. The number of thiazole rings is 1. The summed E-state index contributed by atoms with van der Waals surface area (Å²) in [5.74, 6) is -0.780. The molecule has 12 heteroatoms. The molecule has 0 saturated heterocycles. The molecule has 2 aromatic carbocycles. The Morgan fingerprint density at radius 3 is 2.50 bits per heavy atom. The molecule has 4 rings (SSSR count). The Labute approximate surface area is 246 Å². The molecule has 1 aliphatic heterocycles. The third-order valence-corrected chi connectivity index (χ3v) is 7.68. The summed E-state index contributed by atoms with van der Waals surface area (Å²) < 4.78 is 37.5. The SMILES string of the molecule is CCOC(=O)COc1c(I)cc(/C=c2\sc3n(c2=O)[C@H](c2ccc(F)cc2)C(C(=O)OCC)=C(C)N=3)cc1OC. The van der Waals surface area contributed by atoms with Crippen LogP contribution in [0.2, 0.25) is 0 Å². The van der Waals surface area contributed by atoms with Crippen molar-refractivity contribution in [2.24, 2.45) is 4.99 Å². The van der Waals surface area contributed by atoms with E-state index in [-0.39, 0.29) is 31.0 Å². The molecule has 3 aromatic rings. The Morgan fingerprint density at radius 1 is 1.15 bits per heavy atom. The van der Waals surface area contributed by atoms with Crippen molar-refractivity contribution in [1.82, 2.24) is 4.57 Å². The number of nitrogens with zero attached hydrogens (tertiary/aromatic N) is 2. The molecule has 0 saturated carbocycles. The number of methoxy groups -OCH3 is 1. The van der Waals surface area contributed by atoms with Crippen LogP contribution in [0.3, 0.4) is 0 Å². The third kappa shape index (κ3) is 6.12. The van der Waals surface area contributed by atoms with Gasteiger partial charge in [0.25, 0.3) is 5.56 Å². The fourth-order valence-corrected chi connectivity index (χ4v) is 6.03. The highest BCUT2D eigenvalue weighted by molar-refractivity contribution is 14.1. The average molecular weight is 680 g/mol. The largest absolute Gasteiger partial charge is 0.493 e. The van der Waals surface area contributed by atoms with E-state index in [0.717, 1.165) is 11.3 Å². The van der Waals surface area contributed by atoms with Gasteiger partial charge in [0.15, 0.2) is 22.9 Å². The molecule has 0 spiro atoms. The first-order valence-corrected chi connectivity index (χ1v) is 14.2. The van der Waals surface area contributed by atoms with Crippen molar-refractivity contribution in [2.75, 3.05) is 26.9 Å². The highest BCUT2D eigenvalue weighted by Crippen LogP contribution is 2.34. The Bertz CT molecular complexity index is 1660. The first kappa shape index (κ1) is 29.5. The van der Waals surface area contributed by atoms with Gasteiger partial charge in [0.1, 0.15) is 5.82 Å². The Hall–Kier alpha value is -3.52. The molecule has 1 atom stereocenters. The Balaban J connectivity index is 1.82. The summed E-state index contributed by atoms with van der Waals surface area (Å²) in [5, 5.41) is 0. The predicted octanol–water partition coefficient (Wildman–Crippen LogP) is 3.49. The molecular weight excluding hydrogens is 654 g/mol. The van der Waals surface area contributed by atoms with Gasteiger partial charge in [-0.05, 0) is 84.8 Å². The van der Waals surface area contributed by atoms with Gasteiger partial charge in [-0.25, -0.2) is 19.0 Å². The summed E-state index contributed by atoms with van der Waals surface area (Å²) in [7, 11) is 1.47. The van der Waals surface area contributed by atoms with Crippen LogP contribution >= 0.6 is 33.9 Å². The first-order valence-electron chi connectivity index (χ1n) is 12.3. The average Bonchev–Trinajstić information content (AvgIpc) is 3.21. The number of hydrogen-bond acceptors (Lipinski definition) is 9. The van der Waals surface area contributed by atoms with E-state index in [1.165, 1.54) is 35.9 Å². The van der Waals surface area contributed by atoms with Crippen molar-refractivity contribution in [3.05, 3.63) is 87.9 Å². The van der Waals surface area contributed by atoms with Gasteiger partial charge in [0, 0.05) is 0 Å². The van der Waals surface area contributed by atoms with Crippen LogP contribution in [0.4, 0.5) is 4.39 Å². The minimum Gasteiger partial charge on any atom is -0.493 e. The number of fused-ring (bicyclic) bond motifs is 1. The van der Waals surface area contributed by atoms with Crippen LogP contribution in [0.25, 0.3) is 6.08 Å². The molecular formula is C28H26FIN2O7S. The number of aromatic nitrogens is 1. The number of carbonyl (C=O) groups is 2. The number of carbonyl (C=O) groups excluding carboxylic acids is 2. The molecule has 2 heterocycles. The highest BCUT2D eigenvalue weighted by Gasteiger charge is 2.33. The van der Waals surface area contributed by atoms with Crippen molar-refractivity contribution in [3.63, 3.8) is 0 Å². The van der Waals surface area contributed by atoms with E-state index in [9.17, 15) is 18.8 Å². The van der Waals surface area contributed by atoms with Crippen LogP contribution in [0.15, 0.2) is 57.5 Å². The lowest BCUT2D eigenvalue weighted by Gasteiger charge is -2.24. The summed E-state index contributed by atoms with van der Waals surface area (Å²) in [4.78, 5) is 43.4. The predicted molar refractivity (Wildman–Crippen MR) is 155 cm³/mol. The summed E-state index contributed by atoms with van der Waals surface area (Å²) in [6.07, 6.45) is 1.69. The zero-order valence-corrected chi connectivity index (χ0v) is 25.1. The number of rotatable bonds is 9. The molecule has 40 heavy (non-hydrogen) atoms. The number of esters is 2. The fourth-order valence-electron chi connectivity index (χ4n) is 4.20. The van der Waals surface area contributed by atoms with E-state index in [0.29, 0.717) is 41.2 Å². The molecule has 0 bridgehead atoms. The smallest absolute Gasteiger partial charge is 0.344 e. The van der Waals surface area contributed by atoms with Crippen molar-refractivity contribution in [2.45, 2.75) is 26.8 Å². The number of halogens is 2. The van der Waals surface area contributed by atoms with Crippen molar-refractivity contribution < 1.29 is 32.9 Å². The van der Waals surface area contributed by atoms with Crippen LogP contribution in [-0.4, -0.2) is 43.4 Å². The van der Waals surface area contributed by atoms with E-state index in [1.54, 1.807) is 39.0 Å². The van der Waals surface area contributed by atoms with Crippen molar-refractivity contribution in [3.8, 4) is 11.5 Å². The molecule has 210 valence electrons. The van der Waals surface area contributed by atoms with Crippen LogP contribution in [0.1, 0.15) is 37.9 Å². The van der Waals surface area contributed by atoms with Crippen LogP contribution in [-0.2, 0) is 19.1 Å². The maximum Gasteiger partial charge on any atom is 0.344 e. The van der Waals surface area contributed by atoms with Crippen LogP contribution < -0.4 is 24.4 Å². The van der Waals surface area contributed by atoms with E-state index < -0.39 is 23.8 Å². The van der Waals surface area contributed by atoms with E-state index >= 15 is 0 Å². The van der Waals surface area contributed by atoms with Gasteiger partial charge in [-0.3, -0.25) is 9.36 Å². The van der Waals surface area contributed by atoms with Gasteiger partial charge in [-0.2, -0.15) is 0 Å². The number of hydrogen-bond donors (Lipinski definition) is 0. The van der Waals surface area contributed by atoms with Crippen molar-refractivity contribution in [1.29, 1.82) is 0 Å². The summed E-state index contributed by atoms with van der Waals surface area (Å²) in [5.41, 5.74) is 1.45. The zero-order valence-electron chi connectivity index (χ0n) is 22.2. The molecule has 0 amide bonds. The summed E-state index contributed by atoms with van der Waals surface area (Å²) >= 11 is 3.23. The minimum absolute atomic E-state index is 0.149. The second kappa shape index (κ2) is 12.8. The maximum absolute atomic E-state index is 13.8. The normalized spacial score (nSPS) is 14.8. The maximum atomic E-state index is 13.8. The second-order valence-corrected chi connectivity index (χ2v) is 10.7. The van der Waals surface area contributed by atoms with Crippen LogP contribution in [0, 0.1) is 9.39 Å². The molecule has 1 aliphatic rings. The lowest BCUT2D eigenvalue weighted by Crippen LogP contribution is -2.39. The van der Waals surface area contributed by atoms with Gasteiger partial charge < -0.3 is 18.9 Å². The standard InChI is InChI=1S/C28H26FIN2O7S/c1-5-37-22(33)14-39-25-19(30)11-16(12-20(25)36-4)13-21-26(34)32-24(17-7-9-18(29)10-8-17)23(27(35)38-6-2)15(3)31-28(32)40-21/h7-13,24H,5-6,14H2,1-4H3/b21-13-/t24-/m1/s1. The summed E-state index contributed by atoms with van der Waals surface area (Å²) in [6, 6.07) is 8.27. The molecule has 1 aromatic heterocycles. The Morgan fingerprint density at radius 2 is 1.85 bits per heavy atom. The summed E-state index contributed by atoms with van der Waals surface area (Å²) in [6.45, 7) is 5.21. The number of ether oxygens (including phenoxy) is 4. The molecule has 0 N–H and O–H groups in total. The first-order chi connectivity index (χ1) is 19.2. The molecule has 0 aliphatic carbocycles. The van der Waals surface area contributed by atoms with E-state index in [4.69, 9.17) is 18.9 Å². The van der Waals surface area contributed by atoms with Crippen molar-refractivity contribution >= 4 is 51.9 Å². The van der Waals surface area contributed by atoms with Gasteiger partial charge in [-0.15, -0.1) is 0 Å². The van der Waals surface area contributed by atoms with Crippen LogP contribution in [0.5, 0.6) is 11.5 Å². The lowest BCUT2D eigenvalue weighted by molar-refractivity contribution is -0.145. The highest BCUT2D eigenvalue weighted by atomic mass is 127. The number of allylic oxidation sites excluding steroid dienone is 1. The number of benzene rings is 2. The second-order valence-electron chi connectivity index (χ2n) is 8.48. The fraction of sp³-hybridized carbons (Fsp3) is 0.286. The minimum atomic E-state index is -0.841. The monoisotopic (exact) mass is 680 g/mol. The zero-order chi connectivity index (χ0) is 29.0. The van der Waals surface area contributed by atoms with Gasteiger partial charge in [-0.1, -0.05) is 23.5 Å². The van der Waals surface area contributed by atoms with Gasteiger partial charge >= 0.3 is 11.9 Å². The van der Waals surface area contributed by atoms with E-state index in [1.807, 2.05) is 0 Å². The molecule has 0 fully saturated rings. The lowest BCUT2D eigenvalue weighted by atomic mass is 9.96. The molecule has 9 nitrogen and oxygen atoms in total. The van der Waals surface area contributed by atoms with E-state index in [2.05, 4.69) is 27.6 Å². The van der Waals surface area contributed by atoms with Gasteiger partial charge in [0.2, 0.25) is 0 Å². The quantitative estimate of drug-likeness (QED) is 0.252. The molecule has 0 radical (unpaired) electrons. The third-order valence-electron chi connectivity index (χ3n) is 5.89. The Kier molecular flexibility index (Phi) is 9.40. The van der Waals surface area contributed by atoms with Gasteiger partial charge in [0.05, 0.1) is 45.7 Å². The topological polar surface area (TPSA) is 105 Å².